The van der Waals surface area contributed by atoms with Crippen LogP contribution in [0.2, 0.25) is 5.02 Å². The fraction of sp³-hybridized carbons (Fsp3) is 0.222. The van der Waals surface area contributed by atoms with Crippen molar-refractivity contribution in [3.8, 4) is 23.0 Å². The predicted molar refractivity (Wildman–Crippen MR) is 96.5 cm³/mol. The zero-order valence-corrected chi connectivity index (χ0v) is 15.1. The average molecular weight is 375 g/mol. The van der Waals surface area contributed by atoms with E-state index in [-0.39, 0.29) is 0 Å². The van der Waals surface area contributed by atoms with E-state index >= 15 is 0 Å². The van der Waals surface area contributed by atoms with E-state index in [0.717, 1.165) is 16.7 Å². The van der Waals surface area contributed by atoms with Gasteiger partial charge in [0.1, 0.15) is 13.2 Å². The number of halogens is 1. The smallest absolute Gasteiger partial charge is 0.277 e. The van der Waals surface area contributed by atoms with Crippen molar-refractivity contribution in [3.05, 3.63) is 52.5 Å². The summed E-state index contributed by atoms with van der Waals surface area (Å²) in [5.74, 6) is 2.47. The van der Waals surface area contributed by atoms with Gasteiger partial charge in [-0.2, -0.15) is 0 Å². The number of fused-ring (bicyclic) bond motifs is 1. The lowest BCUT2D eigenvalue weighted by molar-refractivity contribution is 0.171. The zero-order chi connectivity index (χ0) is 17.2. The summed E-state index contributed by atoms with van der Waals surface area (Å²) in [6.45, 7) is 3.07. The van der Waals surface area contributed by atoms with Gasteiger partial charge in [0.15, 0.2) is 11.5 Å². The number of rotatable bonds is 4. The molecule has 1 aliphatic rings. The molecule has 0 aliphatic carbocycles. The van der Waals surface area contributed by atoms with Gasteiger partial charge in [0.2, 0.25) is 5.89 Å². The number of ether oxygens (including phenoxy) is 2. The van der Waals surface area contributed by atoms with Gasteiger partial charge in [0.05, 0.1) is 5.02 Å². The lowest BCUT2D eigenvalue weighted by atomic mass is 10.1. The van der Waals surface area contributed by atoms with Crippen molar-refractivity contribution < 1.29 is 13.9 Å². The standard InChI is InChI=1S/C18H15ClN2O3S/c1-11-4-2-3-5-13(11)17-20-21-18(24-17)25-10-12-8-14(19)16-15(9-12)22-6-7-23-16/h2-5,8-9H,6-7,10H2,1H3. The van der Waals surface area contributed by atoms with Crippen molar-refractivity contribution in [1.82, 2.24) is 10.2 Å². The topological polar surface area (TPSA) is 57.4 Å². The first-order valence-electron chi connectivity index (χ1n) is 7.81. The van der Waals surface area contributed by atoms with Gasteiger partial charge < -0.3 is 13.9 Å². The van der Waals surface area contributed by atoms with Crippen LogP contribution in [0.1, 0.15) is 11.1 Å². The number of nitrogens with zero attached hydrogens (tertiary/aromatic N) is 2. The van der Waals surface area contributed by atoms with Gasteiger partial charge in [-0.25, -0.2) is 0 Å². The monoisotopic (exact) mass is 374 g/mol. The minimum atomic E-state index is 0.518. The average Bonchev–Trinajstić information content (AvgIpc) is 3.09. The van der Waals surface area contributed by atoms with Crippen LogP contribution in [0, 0.1) is 6.92 Å². The van der Waals surface area contributed by atoms with Crippen molar-refractivity contribution >= 4 is 23.4 Å². The Morgan fingerprint density at radius 3 is 2.84 bits per heavy atom. The highest BCUT2D eigenvalue weighted by Gasteiger charge is 2.17. The van der Waals surface area contributed by atoms with E-state index in [2.05, 4.69) is 10.2 Å². The zero-order valence-electron chi connectivity index (χ0n) is 13.5. The first-order valence-corrected chi connectivity index (χ1v) is 9.17. The molecule has 0 bridgehead atoms. The number of benzene rings is 2. The van der Waals surface area contributed by atoms with Crippen LogP contribution in [-0.4, -0.2) is 23.4 Å². The van der Waals surface area contributed by atoms with E-state index in [9.17, 15) is 0 Å². The van der Waals surface area contributed by atoms with Crippen LogP contribution >= 0.6 is 23.4 Å². The van der Waals surface area contributed by atoms with E-state index in [4.69, 9.17) is 25.5 Å². The molecule has 0 atom stereocenters. The molecule has 0 unspecified atom stereocenters. The van der Waals surface area contributed by atoms with E-state index in [1.807, 2.05) is 43.3 Å². The summed E-state index contributed by atoms with van der Waals surface area (Å²) in [7, 11) is 0. The van der Waals surface area contributed by atoms with Crippen LogP contribution in [0.4, 0.5) is 0 Å². The van der Waals surface area contributed by atoms with Crippen LogP contribution in [0.15, 0.2) is 46.0 Å². The van der Waals surface area contributed by atoms with Crippen LogP contribution in [0.3, 0.4) is 0 Å². The van der Waals surface area contributed by atoms with Gasteiger partial charge in [0.25, 0.3) is 5.22 Å². The summed E-state index contributed by atoms with van der Waals surface area (Å²) in [6.07, 6.45) is 0. The van der Waals surface area contributed by atoms with Crippen molar-refractivity contribution in [1.29, 1.82) is 0 Å². The molecule has 25 heavy (non-hydrogen) atoms. The molecule has 3 aromatic rings. The Morgan fingerprint density at radius 1 is 1.12 bits per heavy atom. The first-order chi connectivity index (χ1) is 12.2. The Kier molecular flexibility index (Phi) is 4.55. The highest BCUT2D eigenvalue weighted by molar-refractivity contribution is 7.98. The molecule has 1 aliphatic heterocycles. The molecule has 0 saturated heterocycles. The van der Waals surface area contributed by atoms with Crippen molar-refractivity contribution in [2.24, 2.45) is 0 Å². The highest BCUT2D eigenvalue weighted by Crippen LogP contribution is 2.39. The second kappa shape index (κ2) is 6.98. The van der Waals surface area contributed by atoms with E-state index < -0.39 is 0 Å². The van der Waals surface area contributed by atoms with Gasteiger partial charge in [0, 0.05) is 11.3 Å². The molecule has 0 N–H and O–H groups in total. The summed E-state index contributed by atoms with van der Waals surface area (Å²) in [5, 5.41) is 9.33. The fourth-order valence-corrected chi connectivity index (χ4v) is 3.56. The normalized spacial score (nSPS) is 13.0. The van der Waals surface area contributed by atoms with Gasteiger partial charge >= 0.3 is 0 Å². The Labute approximate surface area is 154 Å². The van der Waals surface area contributed by atoms with Crippen LogP contribution in [-0.2, 0) is 5.75 Å². The fourth-order valence-electron chi connectivity index (χ4n) is 2.58. The van der Waals surface area contributed by atoms with Gasteiger partial charge in [-0.1, -0.05) is 41.6 Å². The lowest BCUT2D eigenvalue weighted by Crippen LogP contribution is -2.15. The quantitative estimate of drug-likeness (QED) is 0.613. The van der Waals surface area contributed by atoms with Crippen molar-refractivity contribution in [3.63, 3.8) is 0 Å². The number of hydrogen-bond donors (Lipinski definition) is 0. The Hall–Kier alpha value is -2.18. The molecule has 0 radical (unpaired) electrons. The van der Waals surface area contributed by atoms with Crippen molar-refractivity contribution in [2.45, 2.75) is 17.9 Å². The largest absolute Gasteiger partial charge is 0.486 e. The molecule has 5 nitrogen and oxygen atoms in total. The van der Waals surface area contributed by atoms with Crippen LogP contribution in [0.25, 0.3) is 11.5 Å². The second-order valence-electron chi connectivity index (χ2n) is 5.58. The maximum absolute atomic E-state index is 6.26. The molecule has 7 heteroatoms. The van der Waals surface area contributed by atoms with E-state index in [0.29, 0.717) is 46.6 Å². The second-order valence-corrected chi connectivity index (χ2v) is 6.91. The Morgan fingerprint density at radius 2 is 1.96 bits per heavy atom. The Balaban J connectivity index is 1.49. The molecule has 2 aromatic carbocycles. The van der Waals surface area contributed by atoms with Gasteiger partial charge in [-0.05, 0) is 36.2 Å². The van der Waals surface area contributed by atoms with E-state index in [1.54, 1.807) is 0 Å². The summed E-state index contributed by atoms with van der Waals surface area (Å²) >= 11 is 7.72. The first kappa shape index (κ1) is 16.3. The Bertz CT molecular complexity index is 913. The SMILES string of the molecule is Cc1ccccc1-c1nnc(SCc2cc(Cl)c3c(c2)OCCO3)o1. The molecule has 0 fully saturated rings. The van der Waals surface area contributed by atoms with Gasteiger partial charge in [-0.3, -0.25) is 0 Å². The molecule has 2 heterocycles. The molecule has 0 saturated carbocycles. The molecular formula is C18H15ClN2O3S. The molecule has 0 amide bonds. The minimum absolute atomic E-state index is 0.518. The summed E-state index contributed by atoms with van der Waals surface area (Å²) in [6, 6.07) is 11.7. The summed E-state index contributed by atoms with van der Waals surface area (Å²) in [4.78, 5) is 0. The third kappa shape index (κ3) is 3.45. The number of hydrogen-bond acceptors (Lipinski definition) is 6. The molecule has 4 rings (SSSR count). The maximum Gasteiger partial charge on any atom is 0.277 e. The van der Waals surface area contributed by atoms with Crippen LogP contribution in [0.5, 0.6) is 11.5 Å². The van der Waals surface area contributed by atoms with Crippen molar-refractivity contribution in [2.75, 3.05) is 13.2 Å². The lowest BCUT2D eigenvalue weighted by Gasteiger charge is -2.20. The molecule has 0 spiro atoms. The predicted octanol–water partition coefficient (Wildman–Crippen LogP) is 4.76. The highest BCUT2D eigenvalue weighted by atomic mass is 35.5. The summed E-state index contributed by atoms with van der Waals surface area (Å²) < 4.78 is 16.9. The molecule has 128 valence electrons. The molecular weight excluding hydrogens is 360 g/mol. The minimum Gasteiger partial charge on any atom is -0.486 e. The van der Waals surface area contributed by atoms with E-state index in [1.165, 1.54) is 11.8 Å². The third-order valence-electron chi connectivity index (χ3n) is 3.80. The van der Waals surface area contributed by atoms with Gasteiger partial charge in [-0.15, -0.1) is 10.2 Å². The number of aromatic nitrogens is 2. The number of thioether (sulfide) groups is 1. The molecule has 1 aromatic heterocycles. The number of aryl methyl sites for hydroxylation is 1. The maximum atomic E-state index is 6.26. The van der Waals surface area contributed by atoms with Crippen LogP contribution < -0.4 is 9.47 Å². The summed E-state index contributed by atoms with van der Waals surface area (Å²) in [5.41, 5.74) is 3.06. The third-order valence-corrected chi connectivity index (χ3v) is 4.97.